The summed E-state index contributed by atoms with van der Waals surface area (Å²) in [6, 6.07) is 6.09. The highest BCUT2D eigenvalue weighted by molar-refractivity contribution is 5.78. The van der Waals surface area contributed by atoms with Gasteiger partial charge in [-0.1, -0.05) is 13.0 Å². The van der Waals surface area contributed by atoms with Gasteiger partial charge in [0.1, 0.15) is 0 Å². The maximum absolute atomic E-state index is 9.37. The Balaban J connectivity index is 2.46. The molecule has 0 saturated carbocycles. The molecule has 4 N–H and O–H groups in total. The van der Waals surface area contributed by atoms with Crippen LogP contribution in [0.25, 0.3) is 0 Å². The molecule has 1 heterocycles. The van der Waals surface area contributed by atoms with E-state index in [1.165, 1.54) is 0 Å². The second-order valence-corrected chi connectivity index (χ2v) is 4.75. The van der Waals surface area contributed by atoms with Gasteiger partial charge in [0, 0.05) is 37.0 Å². The van der Waals surface area contributed by atoms with Crippen LogP contribution in [0.4, 0.5) is 0 Å². The molecule has 0 bridgehead atoms. The van der Waals surface area contributed by atoms with Crippen LogP contribution in [0.2, 0.25) is 0 Å². The number of nitrogens with two attached hydrogens (primary N) is 1. The minimum absolute atomic E-state index is 0.0483. The number of nitrogens with one attached hydrogen (secondary N) is 1. The van der Waals surface area contributed by atoms with Crippen molar-refractivity contribution >= 4 is 5.96 Å². The van der Waals surface area contributed by atoms with E-state index < -0.39 is 0 Å². The molecule has 0 fully saturated rings. The van der Waals surface area contributed by atoms with Crippen LogP contribution < -0.4 is 11.1 Å². The predicted octanol–water partition coefficient (Wildman–Crippen LogP) is 0.935. The lowest BCUT2D eigenvalue weighted by Crippen LogP contribution is -2.38. The molecule has 2 atom stereocenters. The molecule has 19 heavy (non-hydrogen) atoms. The van der Waals surface area contributed by atoms with Gasteiger partial charge in [-0.25, -0.2) is 0 Å². The Hall–Kier alpha value is -1.62. The number of aliphatic imine (C=N–C) groups is 1. The largest absolute Gasteiger partial charge is 0.396 e. The highest BCUT2D eigenvalue weighted by Gasteiger charge is 2.09. The van der Waals surface area contributed by atoms with Crippen LogP contribution in [0.3, 0.4) is 0 Å². The van der Waals surface area contributed by atoms with E-state index in [1.807, 2.05) is 18.2 Å². The monoisotopic (exact) mass is 264 g/mol. The molecular weight excluding hydrogens is 240 g/mol. The van der Waals surface area contributed by atoms with Crippen molar-refractivity contribution < 1.29 is 5.11 Å². The van der Waals surface area contributed by atoms with Crippen LogP contribution in [0, 0.1) is 5.92 Å². The fraction of sp³-hybridized carbons (Fsp3) is 0.571. The lowest BCUT2D eigenvalue weighted by atomic mass is 10.0. The zero-order chi connectivity index (χ0) is 14.1. The Morgan fingerprint density at radius 1 is 1.53 bits per heavy atom. The standard InChI is InChI=1S/C14H24N4O/c1-3-11(2)18-14(15)17-9-12(10-19)8-13-6-4-5-7-16-13/h4-7,11-12,19H,3,8-10H2,1-2H3,(H3,15,17,18). The number of hydrogen-bond donors (Lipinski definition) is 3. The molecule has 5 heteroatoms. The zero-order valence-electron chi connectivity index (χ0n) is 11.7. The second-order valence-electron chi connectivity index (χ2n) is 4.75. The van der Waals surface area contributed by atoms with Gasteiger partial charge >= 0.3 is 0 Å². The molecule has 2 unspecified atom stereocenters. The van der Waals surface area contributed by atoms with Crippen LogP contribution in [0.1, 0.15) is 26.0 Å². The van der Waals surface area contributed by atoms with Gasteiger partial charge in [0.15, 0.2) is 5.96 Å². The summed E-state index contributed by atoms with van der Waals surface area (Å²) in [5.41, 5.74) is 6.75. The first-order chi connectivity index (χ1) is 9.15. The molecule has 0 aromatic carbocycles. The molecule has 0 spiro atoms. The molecule has 5 nitrogen and oxygen atoms in total. The summed E-state index contributed by atoms with van der Waals surface area (Å²) in [5, 5.41) is 12.5. The summed E-state index contributed by atoms with van der Waals surface area (Å²) in [6.07, 6.45) is 3.46. The number of hydrogen-bond acceptors (Lipinski definition) is 3. The van der Waals surface area contributed by atoms with Gasteiger partial charge in [0.25, 0.3) is 0 Å². The van der Waals surface area contributed by atoms with Gasteiger partial charge < -0.3 is 16.2 Å². The van der Waals surface area contributed by atoms with Crippen molar-refractivity contribution in [2.45, 2.75) is 32.7 Å². The molecule has 0 aliphatic carbocycles. The van der Waals surface area contributed by atoms with Crippen molar-refractivity contribution in [1.29, 1.82) is 0 Å². The van der Waals surface area contributed by atoms with Crippen LogP contribution in [0.15, 0.2) is 29.4 Å². The number of aromatic nitrogens is 1. The Kier molecular flexibility index (Phi) is 6.89. The van der Waals surface area contributed by atoms with Gasteiger partial charge in [-0.2, -0.15) is 0 Å². The van der Waals surface area contributed by atoms with Crippen molar-refractivity contribution in [2.75, 3.05) is 13.2 Å². The quantitative estimate of drug-likeness (QED) is 0.505. The van der Waals surface area contributed by atoms with Gasteiger partial charge in [-0.15, -0.1) is 0 Å². The lowest BCUT2D eigenvalue weighted by Gasteiger charge is -2.14. The highest BCUT2D eigenvalue weighted by Crippen LogP contribution is 2.06. The van der Waals surface area contributed by atoms with Gasteiger partial charge in [-0.3, -0.25) is 9.98 Å². The number of rotatable bonds is 7. The number of guanidine groups is 1. The van der Waals surface area contributed by atoms with Gasteiger partial charge in [0.2, 0.25) is 0 Å². The first-order valence-electron chi connectivity index (χ1n) is 6.72. The van der Waals surface area contributed by atoms with Crippen molar-refractivity contribution in [3.05, 3.63) is 30.1 Å². The molecule has 106 valence electrons. The molecule has 1 rings (SSSR count). The number of nitrogens with zero attached hydrogens (tertiary/aromatic N) is 2. The topological polar surface area (TPSA) is 83.5 Å². The van der Waals surface area contributed by atoms with E-state index in [-0.39, 0.29) is 12.5 Å². The number of aliphatic hydroxyl groups excluding tert-OH is 1. The summed E-state index contributed by atoms with van der Waals surface area (Å²) in [7, 11) is 0. The van der Waals surface area contributed by atoms with Crippen molar-refractivity contribution in [2.24, 2.45) is 16.6 Å². The molecule has 0 aliphatic rings. The van der Waals surface area contributed by atoms with Crippen molar-refractivity contribution in [1.82, 2.24) is 10.3 Å². The third-order valence-electron chi connectivity index (χ3n) is 3.01. The fourth-order valence-electron chi connectivity index (χ4n) is 1.63. The smallest absolute Gasteiger partial charge is 0.188 e. The lowest BCUT2D eigenvalue weighted by molar-refractivity contribution is 0.229. The first-order valence-corrected chi connectivity index (χ1v) is 6.72. The minimum atomic E-state index is 0.0483. The third-order valence-corrected chi connectivity index (χ3v) is 3.01. The van der Waals surface area contributed by atoms with E-state index in [4.69, 9.17) is 5.73 Å². The van der Waals surface area contributed by atoms with Gasteiger partial charge in [0.05, 0.1) is 0 Å². The fourth-order valence-corrected chi connectivity index (χ4v) is 1.63. The Labute approximate surface area is 115 Å². The number of aliphatic hydroxyl groups is 1. The Morgan fingerprint density at radius 2 is 2.32 bits per heavy atom. The van der Waals surface area contributed by atoms with Crippen LogP contribution in [-0.2, 0) is 6.42 Å². The average Bonchev–Trinajstić information content (AvgIpc) is 2.44. The molecule has 1 aromatic rings. The van der Waals surface area contributed by atoms with E-state index in [0.717, 1.165) is 12.1 Å². The van der Waals surface area contributed by atoms with Crippen LogP contribution in [0.5, 0.6) is 0 Å². The highest BCUT2D eigenvalue weighted by atomic mass is 16.3. The van der Waals surface area contributed by atoms with Crippen molar-refractivity contribution in [3.8, 4) is 0 Å². The summed E-state index contributed by atoms with van der Waals surface area (Å²) >= 11 is 0. The molecular formula is C14H24N4O. The zero-order valence-corrected chi connectivity index (χ0v) is 11.7. The summed E-state index contributed by atoms with van der Waals surface area (Å²) in [4.78, 5) is 8.52. The normalized spacial score (nSPS) is 15.0. The molecule has 1 aromatic heterocycles. The third kappa shape index (κ3) is 6.20. The van der Waals surface area contributed by atoms with Crippen molar-refractivity contribution in [3.63, 3.8) is 0 Å². The van der Waals surface area contributed by atoms with Crippen LogP contribution in [-0.4, -0.2) is 35.2 Å². The second kappa shape index (κ2) is 8.48. The maximum atomic E-state index is 9.37. The average molecular weight is 264 g/mol. The number of pyridine rings is 1. The maximum Gasteiger partial charge on any atom is 0.188 e. The SMILES string of the molecule is CCC(C)NC(N)=NCC(CO)Cc1ccccn1. The summed E-state index contributed by atoms with van der Waals surface area (Å²) in [6.45, 7) is 4.72. The molecule has 0 aliphatic heterocycles. The summed E-state index contributed by atoms with van der Waals surface area (Å²) in [5.74, 6) is 0.487. The molecule has 0 radical (unpaired) electrons. The van der Waals surface area contributed by atoms with E-state index in [2.05, 4.69) is 29.1 Å². The first kappa shape index (κ1) is 15.4. The minimum Gasteiger partial charge on any atom is -0.396 e. The van der Waals surface area contributed by atoms with Gasteiger partial charge in [-0.05, 0) is 31.9 Å². The summed E-state index contributed by atoms with van der Waals surface area (Å²) < 4.78 is 0. The van der Waals surface area contributed by atoms with E-state index in [0.29, 0.717) is 25.0 Å². The predicted molar refractivity (Wildman–Crippen MR) is 77.9 cm³/mol. The van der Waals surface area contributed by atoms with E-state index >= 15 is 0 Å². The molecule has 0 amide bonds. The van der Waals surface area contributed by atoms with Crippen LogP contribution >= 0.6 is 0 Å². The van der Waals surface area contributed by atoms with E-state index in [9.17, 15) is 5.11 Å². The van der Waals surface area contributed by atoms with E-state index in [1.54, 1.807) is 6.20 Å². The molecule has 0 saturated heterocycles. The Morgan fingerprint density at radius 3 is 2.89 bits per heavy atom. The Bertz CT molecular complexity index is 380.